The molecule has 5 heteroatoms. The van der Waals surface area contributed by atoms with E-state index in [9.17, 15) is 9.32 Å². The Morgan fingerprint density at radius 3 is 2.50 bits per heavy atom. The van der Waals surface area contributed by atoms with Crippen LogP contribution in [0.15, 0.2) is 24.3 Å². The molecule has 1 unspecified atom stereocenters. The van der Waals surface area contributed by atoms with Gasteiger partial charge in [0.15, 0.2) is 0 Å². The van der Waals surface area contributed by atoms with Gasteiger partial charge in [0.05, 0.1) is 6.10 Å². The lowest BCUT2D eigenvalue weighted by atomic mass is 10.1. The number of aliphatic hydroxyl groups is 1. The van der Waals surface area contributed by atoms with Crippen LogP contribution in [0, 0.1) is 0 Å². The minimum absolute atomic E-state index is 0.449. The summed E-state index contributed by atoms with van der Waals surface area (Å²) in [5, 5.41) is 10.7. The maximum Gasteiger partial charge on any atom is 0.0802 e. The van der Waals surface area contributed by atoms with E-state index in [2.05, 4.69) is 4.90 Å². The Bertz CT molecular complexity index is 400. The third-order valence-corrected chi connectivity index (χ3v) is 4.77. The van der Waals surface area contributed by atoms with Crippen LogP contribution >= 0.6 is 11.6 Å². The summed E-state index contributed by atoms with van der Waals surface area (Å²) in [5.74, 6) is 1.52. The molecule has 0 saturated carbocycles. The van der Waals surface area contributed by atoms with E-state index in [4.69, 9.17) is 11.6 Å². The van der Waals surface area contributed by atoms with E-state index in [-0.39, 0.29) is 0 Å². The summed E-state index contributed by atoms with van der Waals surface area (Å²) in [5.41, 5.74) is 0.903. The van der Waals surface area contributed by atoms with Crippen LogP contribution < -0.4 is 0 Å². The molecule has 0 aromatic heterocycles. The third kappa shape index (κ3) is 4.05. The third-order valence-electron chi connectivity index (χ3n) is 3.24. The van der Waals surface area contributed by atoms with Gasteiger partial charge in [0, 0.05) is 47.0 Å². The van der Waals surface area contributed by atoms with Gasteiger partial charge in [-0.2, -0.15) is 0 Å². The number of nitrogens with zero attached hydrogens (tertiary/aromatic N) is 1. The van der Waals surface area contributed by atoms with E-state index < -0.39 is 16.9 Å². The van der Waals surface area contributed by atoms with Gasteiger partial charge in [-0.15, -0.1) is 0 Å². The molecule has 1 aliphatic rings. The van der Waals surface area contributed by atoms with Crippen molar-refractivity contribution in [2.24, 2.45) is 0 Å². The molecule has 1 aliphatic heterocycles. The van der Waals surface area contributed by atoms with E-state index in [1.54, 1.807) is 12.1 Å². The van der Waals surface area contributed by atoms with Gasteiger partial charge < -0.3 is 10.0 Å². The van der Waals surface area contributed by atoms with E-state index in [1.807, 2.05) is 12.1 Å². The van der Waals surface area contributed by atoms with E-state index in [0.717, 1.165) is 36.7 Å². The normalized spacial score (nSPS) is 19.9. The fourth-order valence-electron chi connectivity index (χ4n) is 2.06. The highest BCUT2D eigenvalue weighted by atomic mass is 35.5. The second kappa shape index (κ2) is 6.66. The molecule has 2 rings (SSSR count). The molecule has 1 fully saturated rings. The highest BCUT2D eigenvalue weighted by Gasteiger charge is 2.16. The lowest BCUT2D eigenvalue weighted by molar-refractivity contribution is 0.145. The van der Waals surface area contributed by atoms with Gasteiger partial charge >= 0.3 is 0 Å². The Balaban J connectivity index is 1.79. The summed E-state index contributed by atoms with van der Waals surface area (Å²) < 4.78 is 11.2. The van der Waals surface area contributed by atoms with Crippen molar-refractivity contribution in [3.63, 3.8) is 0 Å². The Hall–Kier alpha value is -0.420. The highest BCUT2D eigenvalue weighted by Crippen LogP contribution is 2.19. The molecule has 0 amide bonds. The number of hydrogen-bond acceptors (Lipinski definition) is 3. The molecule has 18 heavy (non-hydrogen) atoms. The summed E-state index contributed by atoms with van der Waals surface area (Å²) in [7, 11) is -0.633. The van der Waals surface area contributed by atoms with Gasteiger partial charge in [0.1, 0.15) is 0 Å². The van der Waals surface area contributed by atoms with Crippen LogP contribution in [0.4, 0.5) is 0 Å². The molecule has 1 saturated heterocycles. The first-order valence-electron chi connectivity index (χ1n) is 6.16. The average Bonchev–Trinajstić information content (AvgIpc) is 2.38. The molecule has 0 aliphatic carbocycles. The molecule has 1 aromatic carbocycles. The monoisotopic (exact) mass is 287 g/mol. The van der Waals surface area contributed by atoms with Crippen molar-refractivity contribution >= 4 is 22.4 Å². The number of benzene rings is 1. The number of hydrogen-bond donors (Lipinski definition) is 1. The van der Waals surface area contributed by atoms with Crippen molar-refractivity contribution in [1.29, 1.82) is 0 Å². The standard InChI is InChI=1S/C13H18ClNO2S/c14-12-3-1-11(2-4-12)13(16)5-6-15-7-9-18(17)10-8-15/h1-4,13,16H,5-10H2. The van der Waals surface area contributed by atoms with Gasteiger partial charge in [-0.05, 0) is 24.1 Å². The zero-order valence-electron chi connectivity index (χ0n) is 10.2. The number of rotatable bonds is 4. The lowest BCUT2D eigenvalue weighted by Crippen LogP contribution is -2.38. The zero-order valence-corrected chi connectivity index (χ0v) is 11.8. The average molecular weight is 288 g/mol. The van der Waals surface area contributed by atoms with E-state index in [0.29, 0.717) is 11.4 Å². The van der Waals surface area contributed by atoms with Gasteiger partial charge in [-0.1, -0.05) is 23.7 Å². The van der Waals surface area contributed by atoms with Gasteiger partial charge in [0.25, 0.3) is 0 Å². The fourth-order valence-corrected chi connectivity index (χ4v) is 3.31. The molecule has 1 N–H and O–H groups in total. The van der Waals surface area contributed by atoms with Gasteiger partial charge in [-0.25, -0.2) is 0 Å². The van der Waals surface area contributed by atoms with Crippen LogP contribution in [0.25, 0.3) is 0 Å². The molecule has 1 atom stereocenters. The van der Waals surface area contributed by atoms with Crippen LogP contribution in [0.5, 0.6) is 0 Å². The van der Waals surface area contributed by atoms with Crippen LogP contribution in [0.1, 0.15) is 18.1 Å². The molecule has 0 spiro atoms. The highest BCUT2D eigenvalue weighted by molar-refractivity contribution is 7.85. The van der Waals surface area contributed by atoms with Crippen molar-refractivity contribution in [2.75, 3.05) is 31.1 Å². The predicted molar refractivity (Wildman–Crippen MR) is 75.3 cm³/mol. The van der Waals surface area contributed by atoms with E-state index >= 15 is 0 Å². The van der Waals surface area contributed by atoms with Crippen molar-refractivity contribution in [3.05, 3.63) is 34.9 Å². The molecule has 1 aromatic rings. The summed E-state index contributed by atoms with van der Waals surface area (Å²) in [6, 6.07) is 7.31. The minimum atomic E-state index is -0.633. The summed E-state index contributed by atoms with van der Waals surface area (Å²) >= 11 is 5.81. The smallest absolute Gasteiger partial charge is 0.0802 e. The van der Waals surface area contributed by atoms with Crippen LogP contribution in [-0.2, 0) is 10.8 Å². The quantitative estimate of drug-likeness (QED) is 0.918. The number of halogens is 1. The van der Waals surface area contributed by atoms with E-state index in [1.165, 1.54) is 0 Å². The lowest BCUT2D eigenvalue weighted by Gasteiger charge is -2.26. The summed E-state index contributed by atoms with van der Waals surface area (Å²) in [6.07, 6.45) is 0.253. The predicted octanol–water partition coefficient (Wildman–Crippen LogP) is 1.83. The van der Waals surface area contributed by atoms with Crippen molar-refractivity contribution in [1.82, 2.24) is 4.90 Å². The van der Waals surface area contributed by atoms with Gasteiger partial charge in [0.2, 0.25) is 0 Å². The second-order valence-electron chi connectivity index (χ2n) is 4.55. The topological polar surface area (TPSA) is 40.5 Å². The van der Waals surface area contributed by atoms with Crippen LogP contribution in [-0.4, -0.2) is 45.4 Å². The van der Waals surface area contributed by atoms with Crippen molar-refractivity contribution in [2.45, 2.75) is 12.5 Å². The fraction of sp³-hybridized carbons (Fsp3) is 0.538. The largest absolute Gasteiger partial charge is 0.388 e. The van der Waals surface area contributed by atoms with Gasteiger partial charge in [-0.3, -0.25) is 4.21 Å². The summed E-state index contributed by atoms with van der Waals surface area (Å²) in [4.78, 5) is 2.26. The molecule has 100 valence electrons. The number of aliphatic hydroxyl groups excluding tert-OH is 1. The Morgan fingerprint density at radius 2 is 1.89 bits per heavy atom. The Kier molecular flexibility index (Phi) is 5.18. The molecule has 3 nitrogen and oxygen atoms in total. The SMILES string of the molecule is O=S1CCN(CCC(O)c2ccc(Cl)cc2)CC1. The molecular formula is C13H18ClNO2S. The van der Waals surface area contributed by atoms with Crippen LogP contribution in [0.3, 0.4) is 0 Å². The first kappa shape index (κ1) is 14.0. The molecule has 0 radical (unpaired) electrons. The van der Waals surface area contributed by atoms with Crippen molar-refractivity contribution < 1.29 is 9.32 Å². The Morgan fingerprint density at radius 1 is 1.28 bits per heavy atom. The zero-order chi connectivity index (χ0) is 13.0. The molecule has 1 heterocycles. The Labute approximate surface area is 115 Å². The molecular weight excluding hydrogens is 270 g/mol. The first-order valence-corrected chi connectivity index (χ1v) is 8.02. The first-order chi connectivity index (χ1) is 8.65. The molecule has 0 bridgehead atoms. The maximum absolute atomic E-state index is 11.2. The maximum atomic E-state index is 11.2. The summed E-state index contributed by atoms with van der Waals surface area (Å²) in [6.45, 7) is 2.60. The minimum Gasteiger partial charge on any atom is -0.388 e. The van der Waals surface area contributed by atoms with Crippen molar-refractivity contribution in [3.8, 4) is 0 Å². The second-order valence-corrected chi connectivity index (χ2v) is 6.68. The van der Waals surface area contributed by atoms with Crippen LogP contribution in [0.2, 0.25) is 5.02 Å².